The third-order valence-electron chi connectivity index (χ3n) is 4.26. The smallest absolute Gasteiger partial charge is 0.220 e. The quantitative estimate of drug-likeness (QED) is 0.244. The summed E-state index contributed by atoms with van der Waals surface area (Å²) in [7, 11) is 1.73. The van der Waals surface area contributed by atoms with Crippen LogP contribution in [-0.2, 0) is 11.3 Å². The van der Waals surface area contributed by atoms with Crippen molar-refractivity contribution >= 4 is 47.4 Å². The maximum atomic E-state index is 11.9. The van der Waals surface area contributed by atoms with Gasteiger partial charge in [0.1, 0.15) is 0 Å². The minimum absolute atomic E-state index is 0. The molecule has 1 aliphatic rings. The number of rotatable bonds is 7. The molecule has 1 aromatic rings. The molecule has 1 aromatic carbocycles. The number of hydrogen-bond acceptors (Lipinski definition) is 2. The highest BCUT2D eigenvalue weighted by atomic mass is 127. The molecule has 0 saturated heterocycles. The fraction of sp³-hybridized carbons (Fsp3) is 0.556. The van der Waals surface area contributed by atoms with Gasteiger partial charge in [-0.2, -0.15) is 0 Å². The lowest BCUT2D eigenvalue weighted by Gasteiger charge is -2.13. The van der Waals surface area contributed by atoms with E-state index in [1.165, 1.54) is 25.7 Å². The Morgan fingerprint density at radius 1 is 1.20 bits per heavy atom. The van der Waals surface area contributed by atoms with Gasteiger partial charge in [-0.1, -0.05) is 36.6 Å². The van der Waals surface area contributed by atoms with E-state index in [0.717, 1.165) is 10.6 Å². The van der Waals surface area contributed by atoms with Crippen LogP contribution < -0.4 is 16.0 Å². The van der Waals surface area contributed by atoms with E-state index in [-0.39, 0.29) is 29.9 Å². The molecule has 0 aliphatic heterocycles. The van der Waals surface area contributed by atoms with Crippen LogP contribution in [0.3, 0.4) is 0 Å². The highest BCUT2D eigenvalue weighted by molar-refractivity contribution is 14.0. The maximum absolute atomic E-state index is 11.9. The van der Waals surface area contributed by atoms with Crippen molar-refractivity contribution in [2.24, 2.45) is 10.9 Å². The second-order valence-electron chi connectivity index (χ2n) is 6.19. The van der Waals surface area contributed by atoms with Gasteiger partial charge in [0.25, 0.3) is 0 Å². The van der Waals surface area contributed by atoms with E-state index in [9.17, 15) is 4.79 Å². The van der Waals surface area contributed by atoms with Gasteiger partial charge >= 0.3 is 0 Å². The summed E-state index contributed by atoms with van der Waals surface area (Å²) in [6, 6.07) is 7.71. The Morgan fingerprint density at radius 2 is 1.92 bits per heavy atom. The fourth-order valence-corrected chi connectivity index (χ4v) is 3.20. The first-order chi connectivity index (χ1) is 11.7. The summed E-state index contributed by atoms with van der Waals surface area (Å²) in [6.45, 7) is 1.89. The average Bonchev–Trinajstić information content (AvgIpc) is 3.07. The summed E-state index contributed by atoms with van der Waals surface area (Å²) in [6.07, 6.45) is 5.61. The molecule has 0 atom stereocenters. The van der Waals surface area contributed by atoms with E-state index in [2.05, 4.69) is 20.9 Å². The number of carbonyl (C=O) groups is 1. The third kappa shape index (κ3) is 8.76. The van der Waals surface area contributed by atoms with Crippen molar-refractivity contribution < 1.29 is 4.79 Å². The molecule has 0 heterocycles. The Labute approximate surface area is 172 Å². The van der Waals surface area contributed by atoms with Gasteiger partial charge in [-0.15, -0.1) is 24.0 Å². The average molecular weight is 479 g/mol. The van der Waals surface area contributed by atoms with E-state index in [0.29, 0.717) is 37.9 Å². The molecular weight excluding hydrogens is 451 g/mol. The van der Waals surface area contributed by atoms with Crippen LogP contribution in [0.25, 0.3) is 0 Å². The number of aliphatic imine (C=N–C) groups is 1. The van der Waals surface area contributed by atoms with Crippen LogP contribution in [0.1, 0.15) is 37.7 Å². The molecule has 0 spiro atoms. The largest absolute Gasteiger partial charge is 0.355 e. The van der Waals surface area contributed by atoms with E-state index < -0.39 is 0 Å². The van der Waals surface area contributed by atoms with E-state index >= 15 is 0 Å². The van der Waals surface area contributed by atoms with Crippen LogP contribution in [0.5, 0.6) is 0 Å². The molecule has 1 fully saturated rings. The summed E-state index contributed by atoms with van der Waals surface area (Å²) >= 11 is 5.97. The first kappa shape index (κ1) is 22.0. The number of guanidine groups is 1. The Bertz CT molecular complexity index is 562. The summed E-state index contributed by atoms with van der Waals surface area (Å²) in [5.74, 6) is 1.45. The predicted molar refractivity (Wildman–Crippen MR) is 115 cm³/mol. The monoisotopic (exact) mass is 478 g/mol. The lowest BCUT2D eigenvalue weighted by Crippen LogP contribution is -2.41. The SMILES string of the molecule is CN=C(NCCNC(=O)CC1CCCC1)NCc1cccc(Cl)c1.I. The zero-order chi connectivity index (χ0) is 17.2. The molecule has 1 aliphatic carbocycles. The van der Waals surface area contributed by atoms with Crippen molar-refractivity contribution in [3.05, 3.63) is 34.9 Å². The molecule has 0 unspecified atom stereocenters. The van der Waals surface area contributed by atoms with Crippen molar-refractivity contribution in [1.82, 2.24) is 16.0 Å². The molecule has 1 amide bonds. The van der Waals surface area contributed by atoms with Gasteiger partial charge in [-0.3, -0.25) is 9.79 Å². The normalized spacial score (nSPS) is 14.7. The van der Waals surface area contributed by atoms with Crippen molar-refractivity contribution in [3.8, 4) is 0 Å². The molecule has 0 aromatic heterocycles. The first-order valence-corrected chi connectivity index (χ1v) is 9.01. The molecule has 7 heteroatoms. The minimum Gasteiger partial charge on any atom is -0.355 e. The molecule has 0 radical (unpaired) electrons. The van der Waals surface area contributed by atoms with Crippen molar-refractivity contribution in [2.75, 3.05) is 20.1 Å². The molecule has 0 bridgehead atoms. The predicted octanol–water partition coefficient (Wildman–Crippen LogP) is 3.32. The summed E-state index contributed by atoms with van der Waals surface area (Å²) in [5, 5.41) is 10.1. The summed E-state index contributed by atoms with van der Waals surface area (Å²) < 4.78 is 0. The number of hydrogen-bond donors (Lipinski definition) is 3. The van der Waals surface area contributed by atoms with Crippen LogP contribution >= 0.6 is 35.6 Å². The Morgan fingerprint density at radius 3 is 2.60 bits per heavy atom. The van der Waals surface area contributed by atoms with Crippen LogP contribution in [0.2, 0.25) is 5.02 Å². The van der Waals surface area contributed by atoms with Gasteiger partial charge in [-0.05, 0) is 36.5 Å². The number of halogens is 2. The summed E-state index contributed by atoms with van der Waals surface area (Å²) in [4.78, 5) is 16.0. The van der Waals surface area contributed by atoms with Gasteiger partial charge in [0.15, 0.2) is 5.96 Å². The van der Waals surface area contributed by atoms with Crippen molar-refractivity contribution in [3.63, 3.8) is 0 Å². The second-order valence-corrected chi connectivity index (χ2v) is 6.62. The maximum Gasteiger partial charge on any atom is 0.220 e. The standard InChI is InChI=1S/C18H27ClN4O.HI/c1-20-18(23-13-15-7-4-8-16(19)11-15)22-10-9-21-17(24)12-14-5-2-3-6-14;/h4,7-8,11,14H,2-3,5-6,9-10,12-13H2,1H3,(H,21,24)(H2,20,22,23);1H. The first-order valence-electron chi connectivity index (χ1n) is 8.63. The van der Waals surface area contributed by atoms with Gasteiger partial charge in [0, 0.05) is 38.1 Å². The lowest BCUT2D eigenvalue weighted by molar-refractivity contribution is -0.121. The number of carbonyl (C=O) groups excluding carboxylic acids is 1. The fourth-order valence-electron chi connectivity index (χ4n) is 2.98. The van der Waals surface area contributed by atoms with Crippen molar-refractivity contribution in [2.45, 2.75) is 38.6 Å². The Kier molecular flexibility index (Phi) is 10.9. The third-order valence-corrected chi connectivity index (χ3v) is 4.50. The Hall–Kier alpha value is -1.02. The van der Waals surface area contributed by atoms with Gasteiger partial charge in [0.2, 0.25) is 5.91 Å². The minimum atomic E-state index is 0. The van der Waals surface area contributed by atoms with E-state index in [1.807, 2.05) is 24.3 Å². The van der Waals surface area contributed by atoms with Crippen molar-refractivity contribution in [1.29, 1.82) is 0 Å². The van der Waals surface area contributed by atoms with Gasteiger partial charge in [0.05, 0.1) is 0 Å². The van der Waals surface area contributed by atoms with Gasteiger partial charge < -0.3 is 16.0 Å². The topological polar surface area (TPSA) is 65.5 Å². The zero-order valence-electron chi connectivity index (χ0n) is 14.7. The molecule has 25 heavy (non-hydrogen) atoms. The Balaban J connectivity index is 0.00000312. The molecule has 2 rings (SSSR count). The zero-order valence-corrected chi connectivity index (χ0v) is 17.8. The molecule has 1 saturated carbocycles. The lowest BCUT2D eigenvalue weighted by atomic mass is 10.0. The highest BCUT2D eigenvalue weighted by Crippen LogP contribution is 2.27. The number of amides is 1. The van der Waals surface area contributed by atoms with E-state index in [1.54, 1.807) is 7.05 Å². The number of nitrogens with zero attached hydrogens (tertiary/aromatic N) is 1. The highest BCUT2D eigenvalue weighted by Gasteiger charge is 2.17. The molecule has 3 N–H and O–H groups in total. The summed E-state index contributed by atoms with van der Waals surface area (Å²) in [5.41, 5.74) is 1.09. The van der Waals surface area contributed by atoms with E-state index in [4.69, 9.17) is 11.6 Å². The molecule has 5 nitrogen and oxygen atoms in total. The van der Waals surface area contributed by atoms with Crippen LogP contribution in [0.4, 0.5) is 0 Å². The molecule has 140 valence electrons. The number of nitrogens with one attached hydrogen (secondary N) is 3. The number of benzene rings is 1. The second kappa shape index (κ2) is 12.4. The van der Waals surface area contributed by atoms with Crippen LogP contribution in [0.15, 0.2) is 29.3 Å². The van der Waals surface area contributed by atoms with Crippen LogP contribution in [0, 0.1) is 5.92 Å². The van der Waals surface area contributed by atoms with Crippen LogP contribution in [-0.4, -0.2) is 32.0 Å². The van der Waals surface area contributed by atoms with Gasteiger partial charge in [-0.25, -0.2) is 0 Å². The molecular formula is C18H28ClIN4O.